The monoisotopic (exact) mass is 560 g/mol. The Hall–Kier alpha value is -2.94. The van der Waals surface area contributed by atoms with Crippen LogP contribution in [0.1, 0.15) is 37.5 Å². The van der Waals surface area contributed by atoms with Gasteiger partial charge in [0, 0.05) is 59.5 Å². The summed E-state index contributed by atoms with van der Waals surface area (Å²) in [6.45, 7) is 9.82. The number of aromatic nitrogens is 2. The molecule has 1 aliphatic rings. The standard InChI is InChI=1S/C28H31Cl2FN4O3/c1-18-14-19(8-9-24(18)31)25-15-20(16-33-10-12-34(13-11-33)27(37)38-28(2,3)4)26(36)35(32-25)17-21-22(29)6-5-7-23(21)30/h5-9,14-15H,10-13,16-17H2,1-4H3. The molecule has 7 nitrogen and oxygen atoms in total. The fraction of sp³-hybridized carbons (Fsp3) is 0.393. The molecule has 1 fully saturated rings. The fourth-order valence-corrected chi connectivity index (χ4v) is 4.77. The SMILES string of the molecule is Cc1cc(-c2cc(CN3CCN(C(=O)OC(C)(C)C)CC3)c(=O)n(Cc3c(Cl)cccc3Cl)n2)ccc1F. The van der Waals surface area contributed by atoms with Crippen molar-refractivity contribution in [2.45, 2.75) is 46.4 Å². The minimum atomic E-state index is -0.560. The van der Waals surface area contributed by atoms with Crippen molar-refractivity contribution in [2.75, 3.05) is 26.2 Å². The smallest absolute Gasteiger partial charge is 0.410 e. The highest BCUT2D eigenvalue weighted by Gasteiger charge is 2.26. The van der Waals surface area contributed by atoms with Crippen LogP contribution in [-0.2, 0) is 17.8 Å². The second-order valence-corrected chi connectivity index (χ2v) is 11.2. The van der Waals surface area contributed by atoms with Crippen LogP contribution in [0.25, 0.3) is 11.3 Å². The van der Waals surface area contributed by atoms with Gasteiger partial charge >= 0.3 is 6.09 Å². The van der Waals surface area contributed by atoms with Gasteiger partial charge in [-0.05, 0) is 69.7 Å². The summed E-state index contributed by atoms with van der Waals surface area (Å²) >= 11 is 12.8. The van der Waals surface area contributed by atoms with Gasteiger partial charge in [0.25, 0.3) is 5.56 Å². The van der Waals surface area contributed by atoms with E-state index in [9.17, 15) is 14.0 Å². The van der Waals surface area contributed by atoms with Crippen LogP contribution in [0.2, 0.25) is 10.0 Å². The van der Waals surface area contributed by atoms with Gasteiger partial charge in [0.05, 0.1) is 12.2 Å². The zero-order valence-electron chi connectivity index (χ0n) is 21.9. The molecule has 1 aromatic heterocycles. The summed E-state index contributed by atoms with van der Waals surface area (Å²) in [5.41, 5.74) is 2.02. The zero-order valence-corrected chi connectivity index (χ0v) is 23.4. The third-order valence-corrected chi connectivity index (χ3v) is 7.00. The molecule has 0 radical (unpaired) electrons. The molecule has 0 spiro atoms. The van der Waals surface area contributed by atoms with E-state index >= 15 is 0 Å². The highest BCUT2D eigenvalue weighted by Crippen LogP contribution is 2.26. The van der Waals surface area contributed by atoms with Crippen molar-refractivity contribution in [3.05, 3.63) is 85.4 Å². The van der Waals surface area contributed by atoms with Gasteiger partial charge in [0.2, 0.25) is 0 Å². The Morgan fingerprint density at radius 3 is 2.29 bits per heavy atom. The first-order chi connectivity index (χ1) is 17.9. The summed E-state index contributed by atoms with van der Waals surface area (Å²) in [6, 6.07) is 11.7. The number of aryl methyl sites for hydroxylation is 1. The maximum Gasteiger partial charge on any atom is 0.410 e. The summed E-state index contributed by atoms with van der Waals surface area (Å²) in [6.07, 6.45) is -0.339. The van der Waals surface area contributed by atoms with E-state index in [2.05, 4.69) is 10.00 Å². The second-order valence-electron chi connectivity index (χ2n) is 10.4. The van der Waals surface area contributed by atoms with Gasteiger partial charge in [-0.25, -0.2) is 13.9 Å². The lowest BCUT2D eigenvalue weighted by Gasteiger charge is -2.35. The number of rotatable bonds is 5. The number of amides is 1. The number of hydrogen-bond acceptors (Lipinski definition) is 5. The molecule has 2 aromatic carbocycles. The summed E-state index contributed by atoms with van der Waals surface area (Å²) in [7, 11) is 0. The Kier molecular flexibility index (Phi) is 8.45. The lowest BCUT2D eigenvalue weighted by Crippen LogP contribution is -2.50. The largest absolute Gasteiger partial charge is 0.444 e. The van der Waals surface area contributed by atoms with Gasteiger partial charge < -0.3 is 9.64 Å². The van der Waals surface area contributed by atoms with Crippen LogP contribution in [0.15, 0.2) is 47.3 Å². The average molecular weight is 561 g/mol. The van der Waals surface area contributed by atoms with Gasteiger partial charge in [-0.1, -0.05) is 29.3 Å². The Balaban J connectivity index is 1.62. The van der Waals surface area contributed by atoms with E-state index in [1.165, 1.54) is 10.7 Å². The molecule has 202 valence electrons. The highest BCUT2D eigenvalue weighted by atomic mass is 35.5. The van der Waals surface area contributed by atoms with E-state index in [0.717, 1.165) is 0 Å². The molecule has 0 aliphatic carbocycles. The Morgan fingerprint density at radius 1 is 1.03 bits per heavy atom. The molecule has 0 atom stereocenters. The van der Waals surface area contributed by atoms with Crippen LogP contribution in [-0.4, -0.2) is 57.5 Å². The van der Waals surface area contributed by atoms with Crippen LogP contribution >= 0.6 is 23.2 Å². The maximum atomic E-state index is 14.0. The quantitative estimate of drug-likeness (QED) is 0.396. The first kappa shape index (κ1) is 28.1. The zero-order chi connectivity index (χ0) is 27.6. The molecular formula is C28H31Cl2FN4O3. The van der Waals surface area contributed by atoms with E-state index in [1.807, 2.05) is 20.8 Å². The predicted molar refractivity (Wildman–Crippen MR) is 147 cm³/mol. The third-order valence-electron chi connectivity index (χ3n) is 6.29. The molecule has 0 N–H and O–H groups in total. The van der Waals surface area contributed by atoms with Crippen molar-refractivity contribution < 1.29 is 13.9 Å². The number of carbonyl (C=O) groups is 1. The van der Waals surface area contributed by atoms with E-state index in [0.29, 0.717) is 70.7 Å². The van der Waals surface area contributed by atoms with E-state index in [-0.39, 0.29) is 24.0 Å². The summed E-state index contributed by atoms with van der Waals surface area (Å²) in [4.78, 5) is 29.8. The molecular weight excluding hydrogens is 530 g/mol. The first-order valence-electron chi connectivity index (χ1n) is 12.4. The summed E-state index contributed by atoms with van der Waals surface area (Å²) in [5, 5.41) is 5.47. The fourth-order valence-electron chi connectivity index (χ4n) is 4.25. The van der Waals surface area contributed by atoms with Gasteiger partial charge in [-0.2, -0.15) is 5.10 Å². The number of piperazine rings is 1. The number of halogens is 3. The molecule has 1 saturated heterocycles. The molecule has 1 amide bonds. The molecule has 3 aromatic rings. The topological polar surface area (TPSA) is 67.7 Å². The number of nitrogens with zero attached hydrogens (tertiary/aromatic N) is 4. The van der Waals surface area contributed by atoms with Crippen LogP contribution in [0.4, 0.5) is 9.18 Å². The van der Waals surface area contributed by atoms with Gasteiger partial charge in [-0.3, -0.25) is 9.69 Å². The van der Waals surface area contributed by atoms with E-state index in [1.54, 1.807) is 48.2 Å². The summed E-state index contributed by atoms with van der Waals surface area (Å²) in [5.74, 6) is -0.312. The third kappa shape index (κ3) is 6.73. The molecule has 0 bridgehead atoms. The maximum absolute atomic E-state index is 14.0. The molecule has 10 heteroatoms. The van der Waals surface area contributed by atoms with Crippen LogP contribution < -0.4 is 5.56 Å². The minimum absolute atomic E-state index is 0.0881. The van der Waals surface area contributed by atoms with Crippen molar-refractivity contribution in [1.29, 1.82) is 0 Å². The van der Waals surface area contributed by atoms with Crippen LogP contribution in [0.3, 0.4) is 0 Å². The Bertz CT molecular complexity index is 1380. The Labute approximate surface area is 231 Å². The van der Waals surface area contributed by atoms with E-state index < -0.39 is 5.60 Å². The van der Waals surface area contributed by atoms with Gasteiger partial charge in [-0.15, -0.1) is 0 Å². The molecule has 2 heterocycles. The van der Waals surface area contributed by atoms with Crippen LogP contribution in [0.5, 0.6) is 0 Å². The normalized spacial score (nSPS) is 14.6. The minimum Gasteiger partial charge on any atom is -0.444 e. The van der Waals surface area contributed by atoms with Crippen molar-refractivity contribution in [3.8, 4) is 11.3 Å². The second kappa shape index (κ2) is 11.4. The molecule has 0 unspecified atom stereocenters. The van der Waals surface area contributed by atoms with Crippen molar-refractivity contribution in [1.82, 2.24) is 19.6 Å². The highest BCUT2D eigenvalue weighted by molar-refractivity contribution is 6.35. The molecule has 38 heavy (non-hydrogen) atoms. The van der Waals surface area contributed by atoms with Gasteiger partial charge in [0.15, 0.2) is 0 Å². The van der Waals surface area contributed by atoms with Gasteiger partial charge in [0.1, 0.15) is 11.4 Å². The average Bonchev–Trinajstić information content (AvgIpc) is 2.84. The molecule has 1 aliphatic heterocycles. The van der Waals surface area contributed by atoms with Crippen LogP contribution in [0, 0.1) is 12.7 Å². The number of ether oxygens (including phenoxy) is 1. The van der Waals surface area contributed by atoms with Crippen molar-refractivity contribution in [3.63, 3.8) is 0 Å². The lowest BCUT2D eigenvalue weighted by atomic mass is 10.1. The molecule has 0 saturated carbocycles. The number of hydrogen-bond donors (Lipinski definition) is 0. The van der Waals surface area contributed by atoms with Crippen molar-refractivity contribution in [2.24, 2.45) is 0 Å². The number of benzene rings is 2. The molecule has 4 rings (SSSR count). The number of carbonyl (C=O) groups excluding carboxylic acids is 1. The summed E-state index contributed by atoms with van der Waals surface area (Å²) < 4.78 is 20.8. The predicted octanol–water partition coefficient (Wildman–Crippen LogP) is 5.77. The van der Waals surface area contributed by atoms with E-state index in [4.69, 9.17) is 27.9 Å². The first-order valence-corrected chi connectivity index (χ1v) is 13.2. The Morgan fingerprint density at radius 2 is 1.68 bits per heavy atom. The van der Waals surface area contributed by atoms with Crippen molar-refractivity contribution >= 4 is 29.3 Å². The lowest BCUT2D eigenvalue weighted by molar-refractivity contribution is 0.0138.